The molecule has 0 aliphatic carbocycles. The molecule has 0 aliphatic heterocycles. The number of aliphatic hydroxyl groups excluding tert-OH is 1. The monoisotopic (exact) mass is 194 g/mol. The number of carbonyl (C=O) groups is 1. The number of ether oxygens (including phenoxy) is 1. The van der Waals surface area contributed by atoms with Gasteiger partial charge in [-0.25, -0.2) is 0 Å². The Hall–Kier alpha value is -1.35. The molecular formula is C11H14O3. The highest BCUT2D eigenvalue weighted by Crippen LogP contribution is 2.06. The van der Waals surface area contributed by atoms with E-state index in [1.807, 2.05) is 18.2 Å². The van der Waals surface area contributed by atoms with Gasteiger partial charge in [-0.2, -0.15) is 0 Å². The molecule has 0 atom stereocenters. The van der Waals surface area contributed by atoms with Crippen LogP contribution in [0, 0.1) is 0 Å². The molecule has 1 aromatic carbocycles. The molecule has 0 aliphatic rings. The lowest BCUT2D eigenvalue weighted by Crippen LogP contribution is -2.07. The smallest absolute Gasteiger partial charge is 0.310 e. The zero-order valence-electron chi connectivity index (χ0n) is 8.19. The molecule has 0 saturated heterocycles. The van der Waals surface area contributed by atoms with Crippen molar-refractivity contribution in [1.29, 1.82) is 0 Å². The van der Waals surface area contributed by atoms with Crippen LogP contribution < -0.4 is 0 Å². The van der Waals surface area contributed by atoms with Gasteiger partial charge in [0.1, 0.15) is 0 Å². The largest absolute Gasteiger partial charge is 0.466 e. The lowest BCUT2D eigenvalue weighted by Gasteiger charge is -2.03. The first-order valence-corrected chi connectivity index (χ1v) is 4.60. The Morgan fingerprint density at radius 3 is 2.79 bits per heavy atom. The van der Waals surface area contributed by atoms with Crippen molar-refractivity contribution in [3.63, 3.8) is 0 Å². The summed E-state index contributed by atoms with van der Waals surface area (Å²) in [5.41, 5.74) is 1.68. The normalized spacial score (nSPS) is 9.86. The van der Waals surface area contributed by atoms with E-state index in [1.165, 1.54) is 0 Å². The van der Waals surface area contributed by atoms with Gasteiger partial charge in [0.05, 0.1) is 19.6 Å². The fourth-order valence-electron chi connectivity index (χ4n) is 1.22. The van der Waals surface area contributed by atoms with Crippen LogP contribution in [-0.2, 0) is 22.6 Å². The van der Waals surface area contributed by atoms with E-state index in [9.17, 15) is 4.79 Å². The second kappa shape index (κ2) is 5.40. The van der Waals surface area contributed by atoms with Crippen LogP contribution in [0.4, 0.5) is 0 Å². The van der Waals surface area contributed by atoms with Crippen LogP contribution in [0.15, 0.2) is 24.3 Å². The van der Waals surface area contributed by atoms with E-state index in [0.29, 0.717) is 6.61 Å². The summed E-state index contributed by atoms with van der Waals surface area (Å²) in [5, 5.41) is 8.88. The topological polar surface area (TPSA) is 46.5 Å². The van der Waals surface area contributed by atoms with Crippen LogP contribution in [0.3, 0.4) is 0 Å². The van der Waals surface area contributed by atoms with Crippen LogP contribution in [0.25, 0.3) is 0 Å². The van der Waals surface area contributed by atoms with Crippen molar-refractivity contribution in [1.82, 2.24) is 0 Å². The summed E-state index contributed by atoms with van der Waals surface area (Å²) < 4.78 is 4.82. The van der Waals surface area contributed by atoms with Crippen molar-refractivity contribution in [3.8, 4) is 0 Å². The summed E-state index contributed by atoms with van der Waals surface area (Å²) in [7, 11) is 0. The second-order valence-electron chi connectivity index (χ2n) is 2.96. The summed E-state index contributed by atoms with van der Waals surface area (Å²) in [6.45, 7) is 2.18. The molecule has 0 saturated carbocycles. The summed E-state index contributed by atoms with van der Waals surface area (Å²) in [6, 6.07) is 7.28. The molecule has 0 aromatic heterocycles. The van der Waals surface area contributed by atoms with E-state index in [-0.39, 0.29) is 19.0 Å². The highest BCUT2D eigenvalue weighted by molar-refractivity contribution is 5.72. The van der Waals surface area contributed by atoms with Gasteiger partial charge in [0.2, 0.25) is 0 Å². The molecule has 14 heavy (non-hydrogen) atoms. The Kier molecular flexibility index (Phi) is 4.13. The first kappa shape index (κ1) is 10.7. The first-order valence-electron chi connectivity index (χ1n) is 4.60. The fraction of sp³-hybridized carbons (Fsp3) is 0.364. The summed E-state index contributed by atoms with van der Waals surface area (Å²) in [5.74, 6) is -0.234. The number of esters is 1. The number of carbonyl (C=O) groups excluding carboxylic acids is 1. The number of hydrogen-bond donors (Lipinski definition) is 1. The minimum absolute atomic E-state index is 0.00331. The minimum atomic E-state index is -0.234. The van der Waals surface area contributed by atoms with Gasteiger partial charge in [-0.3, -0.25) is 4.79 Å². The van der Waals surface area contributed by atoms with E-state index in [1.54, 1.807) is 13.0 Å². The number of benzene rings is 1. The third kappa shape index (κ3) is 3.18. The number of aliphatic hydroxyl groups is 1. The Labute approximate surface area is 83.3 Å². The highest BCUT2D eigenvalue weighted by atomic mass is 16.5. The Balaban J connectivity index is 2.62. The predicted octanol–water partition coefficient (Wildman–Crippen LogP) is 1.28. The van der Waals surface area contributed by atoms with Crippen molar-refractivity contribution in [3.05, 3.63) is 35.4 Å². The molecular weight excluding hydrogens is 180 g/mol. The third-order valence-corrected chi connectivity index (χ3v) is 1.83. The molecule has 1 aromatic rings. The molecule has 0 spiro atoms. The minimum Gasteiger partial charge on any atom is -0.466 e. The SMILES string of the molecule is CCOC(=O)Cc1cccc(CO)c1. The highest BCUT2D eigenvalue weighted by Gasteiger charge is 2.03. The molecule has 3 heteroatoms. The lowest BCUT2D eigenvalue weighted by atomic mass is 10.1. The molecule has 3 nitrogen and oxygen atoms in total. The van der Waals surface area contributed by atoms with Gasteiger partial charge >= 0.3 is 5.97 Å². The average molecular weight is 194 g/mol. The van der Waals surface area contributed by atoms with Crippen molar-refractivity contribution in [2.45, 2.75) is 20.0 Å². The summed E-state index contributed by atoms with van der Waals surface area (Å²) in [6.07, 6.45) is 0.266. The van der Waals surface area contributed by atoms with E-state index in [0.717, 1.165) is 11.1 Å². The van der Waals surface area contributed by atoms with Crippen LogP contribution in [0.5, 0.6) is 0 Å². The average Bonchev–Trinajstić information content (AvgIpc) is 2.18. The maximum Gasteiger partial charge on any atom is 0.310 e. The molecule has 76 valence electrons. The lowest BCUT2D eigenvalue weighted by molar-refractivity contribution is -0.142. The molecule has 0 unspecified atom stereocenters. The van der Waals surface area contributed by atoms with E-state index >= 15 is 0 Å². The van der Waals surface area contributed by atoms with Gasteiger partial charge in [0.25, 0.3) is 0 Å². The van der Waals surface area contributed by atoms with E-state index in [2.05, 4.69) is 0 Å². The molecule has 0 fully saturated rings. The van der Waals surface area contributed by atoms with E-state index < -0.39 is 0 Å². The molecule has 0 heterocycles. The van der Waals surface area contributed by atoms with Crippen molar-refractivity contribution >= 4 is 5.97 Å². The van der Waals surface area contributed by atoms with Crippen LogP contribution in [0.1, 0.15) is 18.1 Å². The maximum atomic E-state index is 11.1. The maximum absolute atomic E-state index is 11.1. The van der Waals surface area contributed by atoms with Crippen LogP contribution >= 0.6 is 0 Å². The fourth-order valence-corrected chi connectivity index (χ4v) is 1.22. The van der Waals surface area contributed by atoms with Gasteiger partial charge in [-0.1, -0.05) is 24.3 Å². The number of hydrogen-bond acceptors (Lipinski definition) is 3. The van der Waals surface area contributed by atoms with Crippen LogP contribution in [-0.4, -0.2) is 17.7 Å². The zero-order chi connectivity index (χ0) is 10.4. The summed E-state index contributed by atoms with van der Waals surface area (Å²) in [4.78, 5) is 11.1. The molecule has 0 amide bonds. The van der Waals surface area contributed by atoms with Gasteiger partial charge in [0.15, 0.2) is 0 Å². The van der Waals surface area contributed by atoms with Gasteiger partial charge in [0, 0.05) is 0 Å². The van der Waals surface area contributed by atoms with E-state index in [4.69, 9.17) is 9.84 Å². The Morgan fingerprint density at radius 1 is 1.43 bits per heavy atom. The Morgan fingerprint density at radius 2 is 2.14 bits per heavy atom. The molecule has 0 bridgehead atoms. The molecule has 0 radical (unpaired) electrons. The molecule has 1 N–H and O–H groups in total. The van der Waals surface area contributed by atoms with Gasteiger partial charge in [-0.15, -0.1) is 0 Å². The third-order valence-electron chi connectivity index (χ3n) is 1.83. The Bertz CT molecular complexity index is 307. The summed E-state index contributed by atoms with van der Waals surface area (Å²) >= 11 is 0. The van der Waals surface area contributed by atoms with Gasteiger partial charge < -0.3 is 9.84 Å². The quantitative estimate of drug-likeness (QED) is 0.734. The van der Waals surface area contributed by atoms with Crippen molar-refractivity contribution in [2.24, 2.45) is 0 Å². The predicted molar refractivity (Wildman–Crippen MR) is 52.7 cm³/mol. The van der Waals surface area contributed by atoms with Crippen molar-refractivity contribution in [2.75, 3.05) is 6.61 Å². The first-order chi connectivity index (χ1) is 6.76. The van der Waals surface area contributed by atoms with Gasteiger partial charge in [-0.05, 0) is 18.1 Å². The second-order valence-corrected chi connectivity index (χ2v) is 2.96. The number of rotatable bonds is 4. The van der Waals surface area contributed by atoms with Crippen LogP contribution in [0.2, 0.25) is 0 Å². The van der Waals surface area contributed by atoms with Crippen molar-refractivity contribution < 1.29 is 14.6 Å². The standard InChI is InChI=1S/C11H14O3/c1-2-14-11(13)7-9-4-3-5-10(6-9)8-12/h3-6,12H,2,7-8H2,1H3. The zero-order valence-corrected chi connectivity index (χ0v) is 8.19. The molecule has 1 rings (SSSR count).